The van der Waals surface area contributed by atoms with Gasteiger partial charge in [-0.3, -0.25) is 4.90 Å². The number of hydrogen-bond acceptors (Lipinski definition) is 2. The molecule has 1 aliphatic rings. The van der Waals surface area contributed by atoms with Crippen molar-refractivity contribution in [3.63, 3.8) is 0 Å². The summed E-state index contributed by atoms with van der Waals surface area (Å²) in [6, 6.07) is 10.1. The molecule has 0 aromatic heterocycles. The molecule has 1 fully saturated rings. The molecule has 0 aliphatic carbocycles. The smallest absolute Gasteiger partial charge is 0.410 e. The maximum absolute atomic E-state index is 11.7. The van der Waals surface area contributed by atoms with Crippen LogP contribution in [-0.4, -0.2) is 24.1 Å². The van der Waals surface area contributed by atoms with E-state index in [-0.39, 0.29) is 17.6 Å². The third kappa shape index (κ3) is 2.78. The standard InChI is InChI=1S/C14H19NO2/c1-14(2,3)10-15-12(9-17-13(15)16)11-7-5-4-6-8-11/h4-8,12H,9-10H2,1-3H3/t12-/m0/s1. The number of carbonyl (C=O) groups is 1. The predicted octanol–water partition coefficient (Wildman–Crippen LogP) is 3.23. The van der Waals surface area contributed by atoms with E-state index in [9.17, 15) is 4.79 Å². The van der Waals surface area contributed by atoms with E-state index in [2.05, 4.69) is 20.8 Å². The minimum atomic E-state index is -0.200. The van der Waals surface area contributed by atoms with E-state index in [0.29, 0.717) is 13.2 Å². The van der Waals surface area contributed by atoms with Crippen LogP contribution in [0.25, 0.3) is 0 Å². The van der Waals surface area contributed by atoms with Crippen molar-refractivity contribution >= 4 is 6.09 Å². The zero-order valence-electron chi connectivity index (χ0n) is 10.6. The van der Waals surface area contributed by atoms with E-state index < -0.39 is 0 Å². The lowest BCUT2D eigenvalue weighted by Gasteiger charge is -2.29. The Labute approximate surface area is 102 Å². The Morgan fingerprint density at radius 3 is 2.53 bits per heavy atom. The highest BCUT2D eigenvalue weighted by Crippen LogP contribution is 2.30. The van der Waals surface area contributed by atoms with Crippen LogP contribution in [0.2, 0.25) is 0 Å². The van der Waals surface area contributed by atoms with Gasteiger partial charge in [-0.2, -0.15) is 0 Å². The molecule has 1 aromatic carbocycles. The second-order valence-corrected chi connectivity index (χ2v) is 5.69. The molecule has 1 amide bonds. The van der Waals surface area contributed by atoms with Crippen LogP contribution in [-0.2, 0) is 4.74 Å². The van der Waals surface area contributed by atoms with Crippen LogP contribution >= 0.6 is 0 Å². The summed E-state index contributed by atoms with van der Waals surface area (Å²) in [7, 11) is 0. The molecule has 17 heavy (non-hydrogen) atoms. The van der Waals surface area contributed by atoms with Gasteiger partial charge in [-0.1, -0.05) is 51.1 Å². The number of benzene rings is 1. The summed E-state index contributed by atoms with van der Waals surface area (Å²) < 4.78 is 5.17. The Morgan fingerprint density at radius 2 is 1.94 bits per heavy atom. The number of rotatable bonds is 2. The third-order valence-corrected chi connectivity index (χ3v) is 2.80. The lowest BCUT2D eigenvalue weighted by Crippen LogP contribution is -2.35. The first-order chi connectivity index (χ1) is 7.97. The zero-order valence-corrected chi connectivity index (χ0v) is 10.6. The van der Waals surface area contributed by atoms with E-state index >= 15 is 0 Å². The van der Waals surface area contributed by atoms with Gasteiger partial charge >= 0.3 is 6.09 Å². The molecule has 0 spiro atoms. The van der Waals surface area contributed by atoms with Crippen LogP contribution in [0, 0.1) is 5.41 Å². The molecule has 1 aliphatic heterocycles. The van der Waals surface area contributed by atoms with Gasteiger partial charge in [-0.15, -0.1) is 0 Å². The topological polar surface area (TPSA) is 29.5 Å². The minimum Gasteiger partial charge on any atom is -0.447 e. The van der Waals surface area contributed by atoms with Crippen molar-refractivity contribution in [2.75, 3.05) is 13.2 Å². The monoisotopic (exact) mass is 233 g/mol. The van der Waals surface area contributed by atoms with Gasteiger partial charge in [-0.25, -0.2) is 4.79 Å². The van der Waals surface area contributed by atoms with Gasteiger partial charge < -0.3 is 4.74 Å². The van der Waals surface area contributed by atoms with Crippen LogP contribution in [0.1, 0.15) is 32.4 Å². The maximum Gasteiger partial charge on any atom is 0.410 e. The van der Waals surface area contributed by atoms with E-state index in [4.69, 9.17) is 4.74 Å². The molecular formula is C14H19NO2. The molecule has 1 heterocycles. The lowest BCUT2D eigenvalue weighted by molar-refractivity contribution is 0.144. The summed E-state index contributed by atoms with van der Waals surface area (Å²) in [6.07, 6.45) is -0.200. The maximum atomic E-state index is 11.7. The van der Waals surface area contributed by atoms with Crippen LogP contribution in [0.3, 0.4) is 0 Å². The molecule has 0 radical (unpaired) electrons. The van der Waals surface area contributed by atoms with Crippen molar-refractivity contribution in [3.8, 4) is 0 Å². The van der Waals surface area contributed by atoms with E-state index in [0.717, 1.165) is 5.56 Å². The summed E-state index contributed by atoms with van der Waals surface area (Å²) in [5, 5.41) is 0. The van der Waals surface area contributed by atoms with Crippen molar-refractivity contribution in [1.29, 1.82) is 0 Å². The van der Waals surface area contributed by atoms with Crippen LogP contribution in [0.5, 0.6) is 0 Å². The Hall–Kier alpha value is -1.51. The molecule has 92 valence electrons. The number of hydrogen-bond donors (Lipinski definition) is 0. The van der Waals surface area contributed by atoms with Crippen LogP contribution in [0.4, 0.5) is 4.79 Å². The molecule has 0 unspecified atom stereocenters. The molecule has 3 heteroatoms. The van der Waals surface area contributed by atoms with Gasteiger partial charge in [0.15, 0.2) is 0 Å². The predicted molar refractivity (Wildman–Crippen MR) is 66.7 cm³/mol. The lowest BCUT2D eigenvalue weighted by atomic mass is 9.95. The van der Waals surface area contributed by atoms with Gasteiger partial charge in [0.05, 0.1) is 6.04 Å². The Bertz CT molecular complexity index is 394. The highest BCUT2D eigenvalue weighted by atomic mass is 16.6. The number of nitrogens with zero attached hydrogens (tertiary/aromatic N) is 1. The average molecular weight is 233 g/mol. The summed E-state index contributed by atoms with van der Waals surface area (Å²) in [6.45, 7) is 7.55. The van der Waals surface area contributed by atoms with Gasteiger partial charge in [0.1, 0.15) is 6.61 Å². The first-order valence-electron chi connectivity index (χ1n) is 5.96. The SMILES string of the molecule is CC(C)(C)CN1C(=O)OC[C@H]1c1ccccc1. The van der Waals surface area contributed by atoms with E-state index in [1.807, 2.05) is 35.2 Å². The third-order valence-electron chi connectivity index (χ3n) is 2.80. The summed E-state index contributed by atoms with van der Waals surface area (Å²) in [5.41, 5.74) is 1.22. The second-order valence-electron chi connectivity index (χ2n) is 5.69. The first kappa shape index (κ1) is 12.0. The fraction of sp³-hybridized carbons (Fsp3) is 0.500. The van der Waals surface area contributed by atoms with Crippen LogP contribution < -0.4 is 0 Å². The molecule has 1 saturated heterocycles. The van der Waals surface area contributed by atoms with Crippen molar-refractivity contribution < 1.29 is 9.53 Å². The van der Waals surface area contributed by atoms with Crippen LogP contribution in [0.15, 0.2) is 30.3 Å². The van der Waals surface area contributed by atoms with E-state index in [1.165, 1.54) is 0 Å². The summed E-state index contributed by atoms with van der Waals surface area (Å²) >= 11 is 0. The molecule has 3 nitrogen and oxygen atoms in total. The molecular weight excluding hydrogens is 214 g/mol. The highest BCUT2D eigenvalue weighted by Gasteiger charge is 2.36. The highest BCUT2D eigenvalue weighted by molar-refractivity contribution is 5.70. The van der Waals surface area contributed by atoms with Gasteiger partial charge in [0.2, 0.25) is 0 Å². The molecule has 1 aromatic rings. The van der Waals surface area contributed by atoms with Gasteiger partial charge in [0, 0.05) is 6.54 Å². The van der Waals surface area contributed by atoms with Gasteiger partial charge in [-0.05, 0) is 11.0 Å². The van der Waals surface area contributed by atoms with Gasteiger partial charge in [0.25, 0.3) is 0 Å². The first-order valence-corrected chi connectivity index (χ1v) is 5.96. The molecule has 0 saturated carbocycles. The Kier molecular flexibility index (Phi) is 3.09. The largest absolute Gasteiger partial charge is 0.447 e. The van der Waals surface area contributed by atoms with E-state index in [1.54, 1.807) is 0 Å². The summed E-state index contributed by atoms with van der Waals surface area (Å²) in [5.74, 6) is 0. The van der Waals surface area contributed by atoms with Crippen molar-refractivity contribution in [3.05, 3.63) is 35.9 Å². The van der Waals surface area contributed by atoms with Crippen molar-refractivity contribution in [2.45, 2.75) is 26.8 Å². The Balaban J connectivity index is 2.20. The molecule has 0 bridgehead atoms. The van der Waals surface area contributed by atoms with Crippen molar-refractivity contribution in [2.24, 2.45) is 5.41 Å². The number of carbonyl (C=O) groups excluding carboxylic acids is 1. The quantitative estimate of drug-likeness (QED) is 0.785. The molecule has 2 rings (SSSR count). The average Bonchev–Trinajstić information content (AvgIpc) is 2.60. The Morgan fingerprint density at radius 1 is 1.29 bits per heavy atom. The normalized spacial score (nSPS) is 20.5. The second kappa shape index (κ2) is 4.40. The molecule has 0 N–H and O–H groups in total. The number of ether oxygens (including phenoxy) is 1. The fourth-order valence-electron chi connectivity index (χ4n) is 2.09. The summed E-state index contributed by atoms with van der Waals surface area (Å²) in [4.78, 5) is 13.6. The molecule has 1 atom stereocenters. The minimum absolute atomic E-state index is 0.0583. The van der Waals surface area contributed by atoms with Crippen molar-refractivity contribution in [1.82, 2.24) is 4.90 Å². The fourth-order valence-corrected chi connectivity index (χ4v) is 2.09. The number of amides is 1. The zero-order chi connectivity index (χ0) is 12.5. The number of cyclic esters (lactones) is 1.